The van der Waals surface area contributed by atoms with Crippen LogP contribution in [0.5, 0.6) is 0 Å². The largest absolute Gasteiger partial charge is 0.416 e. The second-order valence-electron chi connectivity index (χ2n) is 5.25. The van der Waals surface area contributed by atoms with Crippen LogP contribution in [0.15, 0.2) is 48.5 Å². The van der Waals surface area contributed by atoms with Gasteiger partial charge in [-0.25, -0.2) is 0 Å². The Bertz CT molecular complexity index is 941. The number of tetrazole rings is 1. The standard InChI is InChI=1S/C16H11ClF3N5O/c17-12-6-1-2-7-13(12)21-14(26)9-25-23-15(22-24-25)10-4-3-5-11(8-10)16(18,19)20/h1-8H,9H2,(H,21,26). The lowest BCUT2D eigenvalue weighted by Crippen LogP contribution is -2.20. The number of nitrogens with one attached hydrogen (secondary N) is 1. The predicted molar refractivity (Wildman–Crippen MR) is 88.3 cm³/mol. The van der Waals surface area contributed by atoms with Crippen LogP contribution in [-0.2, 0) is 17.5 Å². The highest BCUT2D eigenvalue weighted by Gasteiger charge is 2.30. The number of hydrogen-bond donors (Lipinski definition) is 1. The molecule has 1 amide bonds. The Morgan fingerprint density at radius 3 is 2.65 bits per heavy atom. The van der Waals surface area contributed by atoms with Gasteiger partial charge in [0.25, 0.3) is 0 Å². The molecule has 1 heterocycles. The van der Waals surface area contributed by atoms with E-state index in [1.54, 1.807) is 24.3 Å². The van der Waals surface area contributed by atoms with Crippen molar-refractivity contribution < 1.29 is 18.0 Å². The molecule has 0 saturated carbocycles. The Kier molecular flexibility index (Phi) is 4.90. The number of benzene rings is 2. The fourth-order valence-electron chi connectivity index (χ4n) is 2.14. The van der Waals surface area contributed by atoms with E-state index in [0.717, 1.165) is 16.9 Å². The zero-order valence-electron chi connectivity index (χ0n) is 13.0. The van der Waals surface area contributed by atoms with Crippen LogP contribution in [0, 0.1) is 0 Å². The molecule has 0 saturated heterocycles. The lowest BCUT2D eigenvalue weighted by molar-refractivity contribution is -0.137. The van der Waals surface area contributed by atoms with Crippen molar-refractivity contribution in [2.75, 3.05) is 5.32 Å². The van der Waals surface area contributed by atoms with Crippen molar-refractivity contribution in [2.45, 2.75) is 12.7 Å². The lowest BCUT2D eigenvalue weighted by atomic mass is 10.1. The summed E-state index contributed by atoms with van der Waals surface area (Å²) in [5, 5.41) is 14.3. The molecule has 2 aromatic carbocycles. The zero-order valence-corrected chi connectivity index (χ0v) is 13.8. The summed E-state index contributed by atoms with van der Waals surface area (Å²) in [6.45, 7) is -0.267. The molecule has 3 rings (SSSR count). The molecule has 1 aromatic heterocycles. The average Bonchev–Trinajstić information content (AvgIpc) is 3.05. The Morgan fingerprint density at radius 2 is 1.92 bits per heavy atom. The SMILES string of the molecule is O=C(Cn1nnc(-c2cccc(C(F)(F)F)c2)n1)Nc1ccccc1Cl. The van der Waals surface area contributed by atoms with Gasteiger partial charge in [0.15, 0.2) is 0 Å². The number of alkyl halides is 3. The smallest absolute Gasteiger partial charge is 0.323 e. The highest BCUT2D eigenvalue weighted by molar-refractivity contribution is 6.33. The first-order valence-electron chi connectivity index (χ1n) is 7.33. The van der Waals surface area contributed by atoms with Crippen LogP contribution >= 0.6 is 11.6 Å². The second kappa shape index (κ2) is 7.12. The summed E-state index contributed by atoms with van der Waals surface area (Å²) in [5.74, 6) is -0.465. The van der Waals surface area contributed by atoms with Gasteiger partial charge in [-0.05, 0) is 29.5 Å². The van der Waals surface area contributed by atoms with Crippen molar-refractivity contribution in [1.29, 1.82) is 0 Å². The molecule has 6 nitrogen and oxygen atoms in total. The maximum Gasteiger partial charge on any atom is 0.416 e. The molecule has 0 atom stereocenters. The number of amides is 1. The number of rotatable bonds is 4. The lowest BCUT2D eigenvalue weighted by Gasteiger charge is -2.07. The van der Waals surface area contributed by atoms with E-state index in [4.69, 9.17) is 11.6 Å². The summed E-state index contributed by atoms with van der Waals surface area (Å²) in [7, 11) is 0. The van der Waals surface area contributed by atoms with E-state index in [1.807, 2.05) is 0 Å². The maximum atomic E-state index is 12.8. The number of nitrogens with zero attached hydrogens (tertiary/aromatic N) is 4. The molecule has 0 aliphatic carbocycles. The van der Waals surface area contributed by atoms with E-state index in [0.29, 0.717) is 10.7 Å². The minimum Gasteiger partial charge on any atom is -0.323 e. The highest BCUT2D eigenvalue weighted by atomic mass is 35.5. The van der Waals surface area contributed by atoms with Gasteiger partial charge in [0, 0.05) is 5.56 Å². The first-order chi connectivity index (χ1) is 12.3. The topological polar surface area (TPSA) is 72.7 Å². The van der Waals surface area contributed by atoms with Crippen molar-refractivity contribution in [3.8, 4) is 11.4 Å². The van der Waals surface area contributed by atoms with Crippen LogP contribution < -0.4 is 5.32 Å². The molecule has 0 aliphatic heterocycles. The van der Waals surface area contributed by atoms with Gasteiger partial charge in [-0.1, -0.05) is 35.9 Å². The first kappa shape index (κ1) is 17.9. The zero-order chi connectivity index (χ0) is 18.7. The average molecular weight is 382 g/mol. The third kappa shape index (κ3) is 4.17. The molecule has 0 unspecified atom stereocenters. The quantitative estimate of drug-likeness (QED) is 0.748. The van der Waals surface area contributed by atoms with Crippen LogP contribution in [0.4, 0.5) is 18.9 Å². The van der Waals surface area contributed by atoms with Crippen LogP contribution in [0.2, 0.25) is 5.02 Å². The normalized spacial score (nSPS) is 11.4. The van der Waals surface area contributed by atoms with Crippen molar-refractivity contribution in [3.05, 3.63) is 59.1 Å². The summed E-state index contributed by atoms with van der Waals surface area (Å²) in [6.07, 6.45) is -4.47. The molecular formula is C16H11ClF3N5O. The molecule has 26 heavy (non-hydrogen) atoms. The van der Waals surface area contributed by atoms with Gasteiger partial charge in [0.05, 0.1) is 16.3 Å². The maximum absolute atomic E-state index is 12.8. The summed E-state index contributed by atoms with van der Waals surface area (Å²) in [4.78, 5) is 13.0. The summed E-state index contributed by atoms with van der Waals surface area (Å²) < 4.78 is 38.3. The minimum absolute atomic E-state index is 0.0124. The number of carbonyl (C=O) groups is 1. The summed E-state index contributed by atoms with van der Waals surface area (Å²) in [6, 6.07) is 11.2. The fourth-order valence-corrected chi connectivity index (χ4v) is 2.32. The van der Waals surface area contributed by atoms with Gasteiger partial charge in [0.1, 0.15) is 6.54 Å². The third-order valence-corrected chi connectivity index (χ3v) is 3.66. The molecule has 0 aliphatic rings. The van der Waals surface area contributed by atoms with E-state index in [1.165, 1.54) is 12.1 Å². The van der Waals surface area contributed by atoms with Crippen LogP contribution in [-0.4, -0.2) is 26.1 Å². The molecule has 10 heteroatoms. The van der Waals surface area contributed by atoms with Crippen LogP contribution in [0.3, 0.4) is 0 Å². The number of para-hydroxylation sites is 1. The Morgan fingerprint density at radius 1 is 1.15 bits per heavy atom. The molecule has 0 bridgehead atoms. The Labute approximate surface area is 150 Å². The Hall–Kier alpha value is -2.94. The van der Waals surface area contributed by atoms with Crippen molar-refractivity contribution in [1.82, 2.24) is 20.2 Å². The number of halogens is 4. The van der Waals surface area contributed by atoms with Crippen LogP contribution in [0.25, 0.3) is 11.4 Å². The van der Waals surface area contributed by atoms with E-state index in [2.05, 4.69) is 20.7 Å². The molecule has 0 fully saturated rings. The van der Waals surface area contributed by atoms with Gasteiger partial charge in [0.2, 0.25) is 11.7 Å². The third-order valence-electron chi connectivity index (χ3n) is 3.33. The highest BCUT2D eigenvalue weighted by Crippen LogP contribution is 2.31. The Balaban J connectivity index is 1.72. The fraction of sp³-hybridized carbons (Fsp3) is 0.125. The van der Waals surface area contributed by atoms with Crippen LogP contribution in [0.1, 0.15) is 5.56 Å². The molecule has 0 spiro atoms. The second-order valence-corrected chi connectivity index (χ2v) is 5.66. The van der Waals surface area contributed by atoms with Gasteiger partial charge in [-0.15, -0.1) is 10.2 Å². The van der Waals surface area contributed by atoms with Crippen molar-refractivity contribution in [3.63, 3.8) is 0 Å². The number of aromatic nitrogens is 4. The molecule has 3 aromatic rings. The monoisotopic (exact) mass is 381 g/mol. The number of hydrogen-bond acceptors (Lipinski definition) is 4. The van der Waals surface area contributed by atoms with E-state index < -0.39 is 17.6 Å². The molecule has 134 valence electrons. The molecular weight excluding hydrogens is 371 g/mol. The van der Waals surface area contributed by atoms with Gasteiger partial charge < -0.3 is 5.32 Å². The van der Waals surface area contributed by atoms with E-state index in [9.17, 15) is 18.0 Å². The van der Waals surface area contributed by atoms with Crippen molar-refractivity contribution >= 4 is 23.2 Å². The summed E-state index contributed by atoms with van der Waals surface area (Å²) in [5.41, 5.74) is -0.238. The van der Waals surface area contributed by atoms with Gasteiger partial charge in [-0.2, -0.15) is 18.0 Å². The van der Waals surface area contributed by atoms with Gasteiger partial charge in [-0.3, -0.25) is 4.79 Å². The van der Waals surface area contributed by atoms with Crippen molar-refractivity contribution in [2.24, 2.45) is 0 Å². The van der Waals surface area contributed by atoms with E-state index in [-0.39, 0.29) is 17.9 Å². The number of anilines is 1. The minimum atomic E-state index is -4.47. The predicted octanol–water partition coefficient (Wildman–Crippen LogP) is 3.65. The summed E-state index contributed by atoms with van der Waals surface area (Å²) >= 11 is 5.95. The number of carbonyl (C=O) groups excluding carboxylic acids is 1. The first-order valence-corrected chi connectivity index (χ1v) is 7.70. The van der Waals surface area contributed by atoms with E-state index >= 15 is 0 Å². The molecule has 1 N–H and O–H groups in total. The van der Waals surface area contributed by atoms with Gasteiger partial charge >= 0.3 is 6.18 Å². The molecule has 0 radical (unpaired) electrons.